The zero-order valence-electron chi connectivity index (χ0n) is 15.1. The molecule has 0 spiro atoms. The first kappa shape index (κ1) is 17.9. The first-order valence-corrected chi connectivity index (χ1v) is 9.41. The molecule has 1 amide bonds. The Morgan fingerprint density at radius 1 is 1.14 bits per heavy atom. The van der Waals surface area contributed by atoms with Gasteiger partial charge < -0.3 is 4.74 Å². The quantitative estimate of drug-likeness (QED) is 0.542. The number of amides is 1. The number of anilines is 1. The number of aryl methyl sites for hydroxylation is 1. The van der Waals surface area contributed by atoms with Gasteiger partial charge in [0.1, 0.15) is 29.1 Å². The van der Waals surface area contributed by atoms with E-state index >= 15 is 0 Å². The molecule has 0 bridgehead atoms. The van der Waals surface area contributed by atoms with Crippen LogP contribution in [0.4, 0.5) is 5.13 Å². The molecule has 0 fully saturated rings. The van der Waals surface area contributed by atoms with Crippen molar-refractivity contribution in [3.63, 3.8) is 0 Å². The molecular formula is C20H17N5O2S. The van der Waals surface area contributed by atoms with Crippen molar-refractivity contribution in [2.75, 3.05) is 11.9 Å². The highest BCUT2D eigenvalue weighted by molar-refractivity contribution is 7.18. The van der Waals surface area contributed by atoms with Crippen molar-refractivity contribution in [2.45, 2.75) is 6.92 Å². The number of hydrogen-bond donors (Lipinski definition) is 1. The van der Waals surface area contributed by atoms with Crippen molar-refractivity contribution in [2.24, 2.45) is 0 Å². The highest BCUT2D eigenvalue weighted by atomic mass is 32.1. The fourth-order valence-corrected chi connectivity index (χ4v) is 3.49. The number of carbonyl (C=O) groups excluding carboxylic acids is 1. The molecule has 28 heavy (non-hydrogen) atoms. The van der Waals surface area contributed by atoms with Crippen LogP contribution in [0.2, 0.25) is 0 Å². The minimum absolute atomic E-state index is 0.0951. The molecule has 0 aliphatic carbocycles. The molecule has 0 aliphatic rings. The van der Waals surface area contributed by atoms with Crippen LogP contribution in [0.25, 0.3) is 16.3 Å². The van der Waals surface area contributed by atoms with E-state index in [0.717, 1.165) is 21.8 Å². The highest BCUT2D eigenvalue weighted by Crippen LogP contribution is 2.33. The van der Waals surface area contributed by atoms with Crippen molar-refractivity contribution in [3.05, 3.63) is 72.8 Å². The molecule has 4 aromatic rings. The van der Waals surface area contributed by atoms with Gasteiger partial charge in [-0.1, -0.05) is 59.4 Å². The fourth-order valence-electron chi connectivity index (χ4n) is 2.55. The van der Waals surface area contributed by atoms with Crippen molar-refractivity contribution >= 4 is 22.4 Å². The van der Waals surface area contributed by atoms with Gasteiger partial charge in [-0.2, -0.15) is 5.10 Å². The number of carbonyl (C=O) groups is 1. The lowest BCUT2D eigenvalue weighted by molar-refractivity contribution is -0.118. The molecule has 0 aliphatic heterocycles. The molecule has 2 aromatic heterocycles. The van der Waals surface area contributed by atoms with Gasteiger partial charge in [-0.3, -0.25) is 10.1 Å². The summed E-state index contributed by atoms with van der Waals surface area (Å²) in [5.41, 5.74) is 2.83. The first-order valence-electron chi connectivity index (χ1n) is 8.59. The van der Waals surface area contributed by atoms with Gasteiger partial charge in [0.15, 0.2) is 11.7 Å². The summed E-state index contributed by atoms with van der Waals surface area (Å²) >= 11 is 1.33. The number of benzene rings is 2. The molecule has 1 N–H and O–H groups in total. The van der Waals surface area contributed by atoms with Crippen LogP contribution in [-0.4, -0.2) is 32.3 Å². The minimum atomic E-state index is -0.279. The standard InChI is InChI=1S/C20H17N5O2S/c1-14-7-9-15(10-8-14)18-19(25-13-21-12-22-25)28-20(24-18)23-17(26)11-27-16-5-3-2-4-6-16/h2-10,12-13H,11H2,1H3,(H,23,24,26). The van der Waals surface area contributed by atoms with Crippen LogP contribution in [0.15, 0.2) is 67.3 Å². The third-order valence-electron chi connectivity index (χ3n) is 3.92. The maximum absolute atomic E-state index is 12.3. The van der Waals surface area contributed by atoms with E-state index in [1.54, 1.807) is 23.1 Å². The summed E-state index contributed by atoms with van der Waals surface area (Å²) < 4.78 is 7.13. The van der Waals surface area contributed by atoms with E-state index in [9.17, 15) is 4.79 Å². The van der Waals surface area contributed by atoms with E-state index in [1.165, 1.54) is 17.7 Å². The molecule has 2 heterocycles. The number of ether oxygens (including phenoxy) is 1. The summed E-state index contributed by atoms with van der Waals surface area (Å²) in [7, 11) is 0. The first-order chi connectivity index (χ1) is 13.7. The normalized spacial score (nSPS) is 10.6. The molecule has 0 saturated heterocycles. The lowest BCUT2D eigenvalue weighted by Crippen LogP contribution is -2.20. The summed E-state index contributed by atoms with van der Waals surface area (Å²) in [6, 6.07) is 17.2. The topological polar surface area (TPSA) is 81.9 Å². The fraction of sp³-hybridized carbons (Fsp3) is 0.100. The molecule has 4 rings (SSSR count). The van der Waals surface area contributed by atoms with Gasteiger partial charge in [-0.25, -0.2) is 14.6 Å². The molecule has 7 nitrogen and oxygen atoms in total. The third-order valence-corrected chi connectivity index (χ3v) is 4.88. The second-order valence-corrected chi connectivity index (χ2v) is 7.01. The predicted octanol–water partition coefficient (Wildman–Crippen LogP) is 3.72. The van der Waals surface area contributed by atoms with E-state index in [0.29, 0.717) is 10.9 Å². The van der Waals surface area contributed by atoms with Crippen molar-refractivity contribution in [1.29, 1.82) is 0 Å². The van der Waals surface area contributed by atoms with Crippen LogP contribution in [0, 0.1) is 6.92 Å². The second kappa shape index (κ2) is 8.01. The van der Waals surface area contributed by atoms with Crippen molar-refractivity contribution < 1.29 is 9.53 Å². The Hall–Kier alpha value is -3.52. The number of aromatic nitrogens is 4. The van der Waals surface area contributed by atoms with Crippen LogP contribution in [0.1, 0.15) is 5.56 Å². The largest absolute Gasteiger partial charge is 0.484 e. The van der Waals surface area contributed by atoms with Crippen LogP contribution in [-0.2, 0) is 4.79 Å². The van der Waals surface area contributed by atoms with Crippen molar-refractivity contribution in [3.8, 4) is 22.0 Å². The Balaban J connectivity index is 1.55. The summed E-state index contributed by atoms with van der Waals surface area (Å²) in [6.07, 6.45) is 3.07. The molecule has 0 radical (unpaired) electrons. The number of hydrogen-bond acceptors (Lipinski definition) is 6. The SMILES string of the molecule is Cc1ccc(-c2nc(NC(=O)COc3ccccc3)sc2-n2cncn2)cc1. The zero-order valence-corrected chi connectivity index (χ0v) is 15.9. The van der Waals surface area contributed by atoms with Gasteiger partial charge in [0.05, 0.1) is 0 Å². The van der Waals surface area contributed by atoms with Gasteiger partial charge in [-0.05, 0) is 19.1 Å². The smallest absolute Gasteiger partial charge is 0.264 e. The Kier molecular flexibility index (Phi) is 5.11. The molecule has 140 valence electrons. The van der Waals surface area contributed by atoms with Crippen LogP contribution in [0.5, 0.6) is 5.75 Å². The average molecular weight is 391 g/mol. The molecular weight excluding hydrogens is 374 g/mol. The predicted molar refractivity (Wildman–Crippen MR) is 108 cm³/mol. The maximum Gasteiger partial charge on any atom is 0.264 e. The number of thiazole rings is 1. The van der Waals surface area contributed by atoms with Gasteiger partial charge in [-0.15, -0.1) is 0 Å². The number of rotatable bonds is 6. The van der Waals surface area contributed by atoms with Gasteiger partial charge in [0.2, 0.25) is 0 Å². The Labute approximate surface area is 165 Å². The monoisotopic (exact) mass is 391 g/mol. The lowest BCUT2D eigenvalue weighted by Gasteiger charge is -2.05. The second-order valence-electron chi connectivity index (χ2n) is 6.03. The van der Waals surface area contributed by atoms with Crippen LogP contribution < -0.4 is 10.1 Å². The number of nitrogens with zero attached hydrogens (tertiary/aromatic N) is 4. The summed E-state index contributed by atoms with van der Waals surface area (Å²) in [4.78, 5) is 20.9. The summed E-state index contributed by atoms with van der Waals surface area (Å²) in [5, 5.41) is 8.25. The Bertz CT molecular complexity index is 1060. The van der Waals surface area contributed by atoms with Gasteiger partial charge >= 0.3 is 0 Å². The van der Waals surface area contributed by atoms with Gasteiger partial charge in [0, 0.05) is 5.56 Å². The van der Waals surface area contributed by atoms with Crippen LogP contribution in [0.3, 0.4) is 0 Å². The lowest BCUT2D eigenvalue weighted by atomic mass is 10.1. The van der Waals surface area contributed by atoms with Gasteiger partial charge in [0.25, 0.3) is 5.91 Å². The maximum atomic E-state index is 12.3. The van der Waals surface area contributed by atoms with E-state index < -0.39 is 0 Å². The average Bonchev–Trinajstić information content (AvgIpc) is 3.38. The molecule has 0 unspecified atom stereocenters. The Morgan fingerprint density at radius 3 is 2.64 bits per heavy atom. The highest BCUT2D eigenvalue weighted by Gasteiger charge is 2.17. The third kappa shape index (κ3) is 4.07. The molecule has 0 saturated carbocycles. The number of para-hydroxylation sites is 1. The van der Waals surface area contributed by atoms with Crippen molar-refractivity contribution in [1.82, 2.24) is 19.7 Å². The summed E-state index contributed by atoms with van der Waals surface area (Å²) in [6.45, 7) is 1.93. The molecule has 8 heteroatoms. The zero-order chi connectivity index (χ0) is 19.3. The summed E-state index contributed by atoms with van der Waals surface area (Å²) in [5.74, 6) is 0.360. The van der Waals surface area contributed by atoms with E-state index in [1.807, 2.05) is 49.4 Å². The van der Waals surface area contributed by atoms with E-state index in [-0.39, 0.29) is 12.5 Å². The van der Waals surface area contributed by atoms with Crippen LogP contribution >= 0.6 is 11.3 Å². The Morgan fingerprint density at radius 2 is 1.93 bits per heavy atom. The van der Waals surface area contributed by atoms with E-state index in [2.05, 4.69) is 20.4 Å². The van der Waals surface area contributed by atoms with E-state index in [4.69, 9.17) is 4.74 Å². The molecule has 2 aromatic carbocycles. The number of nitrogens with one attached hydrogen (secondary N) is 1. The molecule has 0 atom stereocenters. The minimum Gasteiger partial charge on any atom is -0.484 e.